The van der Waals surface area contributed by atoms with Crippen LogP contribution in [-0.2, 0) is 14.3 Å². The second-order valence-electron chi connectivity index (χ2n) is 2.96. The lowest BCUT2D eigenvalue weighted by Crippen LogP contribution is -2.37. The van der Waals surface area contributed by atoms with Crippen LogP contribution in [0.3, 0.4) is 0 Å². The zero-order valence-corrected chi connectivity index (χ0v) is 7.77. The lowest BCUT2D eigenvalue weighted by atomic mass is 10.0. The fraction of sp³-hybridized carbons (Fsp3) is 0.667. The molecule has 4 heteroatoms. The number of hydrogen-bond acceptors (Lipinski definition) is 3. The molecule has 3 atom stereocenters. The minimum Gasteiger partial charge on any atom is -0.479 e. The number of carboxylic acid groups (broad SMARTS) is 1. The fourth-order valence-electron chi connectivity index (χ4n) is 1.22. The second-order valence-corrected chi connectivity index (χ2v) is 2.96. The van der Waals surface area contributed by atoms with Crippen molar-refractivity contribution in [3.8, 4) is 0 Å². The lowest BCUT2D eigenvalue weighted by molar-refractivity contribution is -0.183. The third-order valence-electron chi connectivity index (χ3n) is 1.90. The van der Waals surface area contributed by atoms with Gasteiger partial charge in [0, 0.05) is 12.5 Å². The number of hydrogen-bond donors (Lipinski definition) is 1. The molecule has 0 saturated carbocycles. The third-order valence-corrected chi connectivity index (χ3v) is 1.90. The Morgan fingerprint density at radius 3 is 2.85 bits per heavy atom. The molecule has 13 heavy (non-hydrogen) atoms. The first-order valence-electron chi connectivity index (χ1n) is 4.33. The van der Waals surface area contributed by atoms with Crippen LogP contribution in [0.15, 0.2) is 12.2 Å². The summed E-state index contributed by atoms with van der Waals surface area (Å²) in [5.74, 6) is -1.05. The predicted molar refractivity (Wildman–Crippen MR) is 46.2 cm³/mol. The van der Waals surface area contributed by atoms with Crippen molar-refractivity contribution >= 4 is 5.97 Å². The summed E-state index contributed by atoms with van der Waals surface area (Å²) in [4.78, 5) is 10.7. The molecule has 0 amide bonds. The van der Waals surface area contributed by atoms with Gasteiger partial charge in [0.2, 0.25) is 0 Å². The van der Waals surface area contributed by atoms with Gasteiger partial charge in [0.05, 0.1) is 0 Å². The molecule has 3 unspecified atom stereocenters. The first-order valence-corrected chi connectivity index (χ1v) is 4.33. The maximum absolute atomic E-state index is 10.7. The van der Waals surface area contributed by atoms with Crippen molar-refractivity contribution in [2.24, 2.45) is 5.92 Å². The monoisotopic (exact) mass is 186 g/mol. The van der Waals surface area contributed by atoms with Crippen LogP contribution in [0.5, 0.6) is 0 Å². The van der Waals surface area contributed by atoms with Gasteiger partial charge in [-0.25, -0.2) is 4.79 Å². The van der Waals surface area contributed by atoms with E-state index in [0.29, 0.717) is 6.61 Å². The standard InChI is InChI=1S/C9H14O4/c1-3-12-7-5-4-6(2)8(13-7)9(10)11/h4-8H,3H2,1-2H3,(H,10,11). The molecule has 1 aliphatic rings. The molecule has 0 spiro atoms. The molecule has 1 heterocycles. The second kappa shape index (κ2) is 4.39. The molecule has 1 N–H and O–H groups in total. The number of ether oxygens (including phenoxy) is 2. The normalized spacial score (nSPS) is 33.2. The first kappa shape index (κ1) is 10.2. The highest BCUT2D eigenvalue weighted by Gasteiger charge is 2.30. The van der Waals surface area contributed by atoms with Gasteiger partial charge in [-0.3, -0.25) is 0 Å². The molecule has 74 valence electrons. The zero-order chi connectivity index (χ0) is 9.84. The van der Waals surface area contributed by atoms with Crippen molar-refractivity contribution in [1.29, 1.82) is 0 Å². The van der Waals surface area contributed by atoms with Crippen LogP contribution in [0.2, 0.25) is 0 Å². The number of carboxylic acids is 1. The summed E-state index contributed by atoms with van der Waals surface area (Å²) in [6.45, 7) is 4.15. The highest BCUT2D eigenvalue weighted by atomic mass is 16.7. The van der Waals surface area contributed by atoms with E-state index in [1.807, 2.05) is 13.0 Å². The first-order chi connectivity index (χ1) is 6.15. The van der Waals surface area contributed by atoms with E-state index in [1.54, 1.807) is 13.0 Å². The Hall–Kier alpha value is -0.870. The van der Waals surface area contributed by atoms with Crippen LogP contribution in [-0.4, -0.2) is 30.1 Å². The van der Waals surface area contributed by atoms with Gasteiger partial charge < -0.3 is 14.6 Å². The van der Waals surface area contributed by atoms with E-state index in [1.165, 1.54) is 0 Å². The Balaban J connectivity index is 2.59. The van der Waals surface area contributed by atoms with Crippen molar-refractivity contribution < 1.29 is 19.4 Å². The Bertz CT molecular complexity index is 212. The van der Waals surface area contributed by atoms with Gasteiger partial charge in [0.25, 0.3) is 0 Å². The summed E-state index contributed by atoms with van der Waals surface area (Å²) in [6, 6.07) is 0. The van der Waals surface area contributed by atoms with E-state index in [0.717, 1.165) is 0 Å². The highest BCUT2D eigenvalue weighted by molar-refractivity contribution is 5.73. The molecule has 0 bridgehead atoms. The van der Waals surface area contributed by atoms with E-state index in [4.69, 9.17) is 14.6 Å². The summed E-state index contributed by atoms with van der Waals surface area (Å²) in [5, 5.41) is 8.78. The average Bonchev–Trinajstić information content (AvgIpc) is 2.08. The largest absolute Gasteiger partial charge is 0.479 e. The third kappa shape index (κ3) is 2.54. The van der Waals surface area contributed by atoms with Crippen molar-refractivity contribution in [1.82, 2.24) is 0 Å². The average molecular weight is 186 g/mol. The van der Waals surface area contributed by atoms with Crippen molar-refractivity contribution in [2.45, 2.75) is 26.2 Å². The molecule has 1 aliphatic heterocycles. The van der Waals surface area contributed by atoms with Crippen LogP contribution < -0.4 is 0 Å². The van der Waals surface area contributed by atoms with Crippen LogP contribution in [0.4, 0.5) is 0 Å². The molecular formula is C9H14O4. The van der Waals surface area contributed by atoms with Crippen LogP contribution >= 0.6 is 0 Å². The quantitative estimate of drug-likeness (QED) is 0.669. The summed E-state index contributed by atoms with van der Waals surface area (Å²) in [5.41, 5.74) is 0. The summed E-state index contributed by atoms with van der Waals surface area (Å²) < 4.78 is 10.3. The van der Waals surface area contributed by atoms with E-state index in [9.17, 15) is 4.79 Å². The SMILES string of the molecule is CCOC1C=CC(C)C(C(=O)O)O1. The topological polar surface area (TPSA) is 55.8 Å². The smallest absolute Gasteiger partial charge is 0.333 e. The highest BCUT2D eigenvalue weighted by Crippen LogP contribution is 2.19. The Morgan fingerprint density at radius 2 is 2.31 bits per heavy atom. The van der Waals surface area contributed by atoms with E-state index < -0.39 is 18.4 Å². The molecule has 4 nitrogen and oxygen atoms in total. The minimum absolute atomic E-state index is 0.103. The van der Waals surface area contributed by atoms with E-state index in [-0.39, 0.29) is 5.92 Å². The minimum atomic E-state index is -0.943. The molecule has 0 saturated heterocycles. The molecule has 0 aromatic carbocycles. The van der Waals surface area contributed by atoms with Crippen LogP contribution in [0.1, 0.15) is 13.8 Å². The summed E-state index contributed by atoms with van der Waals surface area (Å²) in [6.07, 6.45) is 2.25. The van der Waals surface area contributed by atoms with Crippen molar-refractivity contribution in [3.05, 3.63) is 12.2 Å². The van der Waals surface area contributed by atoms with E-state index >= 15 is 0 Å². The van der Waals surface area contributed by atoms with Crippen LogP contribution in [0, 0.1) is 5.92 Å². The van der Waals surface area contributed by atoms with Gasteiger partial charge in [-0.15, -0.1) is 0 Å². The molecule has 0 aliphatic carbocycles. The zero-order valence-electron chi connectivity index (χ0n) is 7.77. The Kier molecular flexibility index (Phi) is 3.45. The fourth-order valence-corrected chi connectivity index (χ4v) is 1.22. The summed E-state index contributed by atoms with van der Waals surface area (Å²) >= 11 is 0. The molecule has 0 radical (unpaired) electrons. The molecule has 0 aromatic heterocycles. The Morgan fingerprint density at radius 1 is 1.62 bits per heavy atom. The number of rotatable bonds is 3. The number of aliphatic carboxylic acids is 1. The van der Waals surface area contributed by atoms with Gasteiger partial charge in [-0.1, -0.05) is 13.0 Å². The maximum Gasteiger partial charge on any atom is 0.333 e. The molecular weight excluding hydrogens is 172 g/mol. The predicted octanol–water partition coefficient (Wildman–Crippen LogP) is 1.02. The van der Waals surface area contributed by atoms with Crippen molar-refractivity contribution in [3.63, 3.8) is 0 Å². The Labute approximate surface area is 77.1 Å². The van der Waals surface area contributed by atoms with Gasteiger partial charge in [-0.05, 0) is 13.0 Å². The van der Waals surface area contributed by atoms with Crippen LogP contribution in [0.25, 0.3) is 0 Å². The van der Waals surface area contributed by atoms with Gasteiger partial charge in [0.1, 0.15) is 0 Å². The number of carbonyl (C=O) groups is 1. The molecule has 0 aromatic rings. The maximum atomic E-state index is 10.7. The van der Waals surface area contributed by atoms with Crippen molar-refractivity contribution in [2.75, 3.05) is 6.61 Å². The van der Waals surface area contributed by atoms with Gasteiger partial charge in [-0.2, -0.15) is 0 Å². The lowest BCUT2D eigenvalue weighted by Gasteiger charge is -2.27. The summed E-state index contributed by atoms with van der Waals surface area (Å²) in [7, 11) is 0. The van der Waals surface area contributed by atoms with E-state index in [2.05, 4.69) is 0 Å². The van der Waals surface area contributed by atoms with Gasteiger partial charge in [0.15, 0.2) is 12.4 Å². The molecule has 0 fully saturated rings. The molecule has 1 rings (SSSR count). The van der Waals surface area contributed by atoms with Gasteiger partial charge >= 0.3 is 5.97 Å².